The zero-order valence-electron chi connectivity index (χ0n) is 9.32. The van der Waals surface area contributed by atoms with Gasteiger partial charge in [-0.2, -0.15) is 19.1 Å². The molecule has 2 N–H and O–H groups in total. The Bertz CT molecular complexity index is 686. The van der Waals surface area contributed by atoms with Crippen molar-refractivity contribution in [1.29, 1.82) is 0 Å². The van der Waals surface area contributed by atoms with Gasteiger partial charge in [0, 0.05) is 5.56 Å². The topological polar surface area (TPSA) is 105 Å². The molecule has 0 saturated carbocycles. The van der Waals surface area contributed by atoms with Crippen LogP contribution < -0.4 is 5.43 Å². The first kappa shape index (κ1) is 10.7. The van der Waals surface area contributed by atoms with Gasteiger partial charge in [-0.3, -0.25) is 0 Å². The SMILES string of the molecule is Cc1ccc(C=NNc2nn[nH]n2)c2nsnc12. The highest BCUT2D eigenvalue weighted by Crippen LogP contribution is 2.19. The number of hydrogen-bond acceptors (Lipinski definition) is 8. The fourth-order valence-corrected chi connectivity index (χ4v) is 2.11. The maximum atomic E-state index is 4.26. The zero-order valence-corrected chi connectivity index (χ0v) is 10.1. The Kier molecular flexibility index (Phi) is 2.65. The lowest BCUT2D eigenvalue weighted by atomic mass is 10.1. The Balaban J connectivity index is 1.88. The Morgan fingerprint density at radius 1 is 1.33 bits per heavy atom. The zero-order chi connectivity index (χ0) is 12.4. The number of fused-ring (bicyclic) bond motifs is 1. The molecule has 0 spiro atoms. The van der Waals surface area contributed by atoms with E-state index in [0.29, 0.717) is 5.95 Å². The minimum absolute atomic E-state index is 0.311. The first-order valence-electron chi connectivity index (χ1n) is 5.09. The summed E-state index contributed by atoms with van der Waals surface area (Å²) in [5.74, 6) is 0.311. The molecular formula is C9H8N8S. The van der Waals surface area contributed by atoms with Crippen LogP contribution >= 0.6 is 11.7 Å². The number of benzene rings is 1. The lowest BCUT2D eigenvalue weighted by Crippen LogP contribution is -1.93. The van der Waals surface area contributed by atoms with Gasteiger partial charge in [-0.25, -0.2) is 5.43 Å². The number of aromatic amines is 1. The quantitative estimate of drug-likeness (QED) is 0.537. The van der Waals surface area contributed by atoms with Crippen LogP contribution in [-0.4, -0.2) is 35.6 Å². The average Bonchev–Trinajstić information content (AvgIpc) is 3.02. The fourth-order valence-electron chi connectivity index (χ4n) is 1.48. The minimum atomic E-state index is 0.311. The van der Waals surface area contributed by atoms with Crippen molar-refractivity contribution in [2.75, 3.05) is 5.43 Å². The molecule has 0 atom stereocenters. The third-order valence-electron chi connectivity index (χ3n) is 2.36. The van der Waals surface area contributed by atoms with Crippen LogP contribution in [0.5, 0.6) is 0 Å². The summed E-state index contributed by atoms with van der Waals surface area (Å²) in [7, 11) is 0. The summed E-state index contributed by atoms with van der Waals surface area (Å²) in [6.45, 7) is 2.00. The molecule has 0 fully saturated rings. The molecule has 9 heteroatoms. The van der Waals surface area contributed by atoms with Gasteiger partial charge in [0.2, 0.25) is 0 Å². The van der Waals surface area contributed by atoms with Gasteiger partial charge in [-0.05, 0) is 17.7 Å². The summed E-state index contributed by atoms with van der Waals surface area (Å²) in [6.07, 6.45) is 1.65. The normalized spacial score (nSPS) is 11.4. The van der Waals surface area contributed by atoms with E-state index in [9.17, 15) is 0 Å². The predicted molar refractivity (Wildman–Crippen MR) is 67.5 cm³/mol. The van der Waals surface area contributed by atoms with E-state index in [4.69, 9.17) is 0 Å². The van der Waals surface area contributed by atoms with Crippen molar-refractivity contribution in [3.63, 3.8) is 0 Å². The molecule has 8 nitrogen and oxygen atoms in total. The van der Waals surface area contributed by atoms with Crippen LogP contribution in [0, 0.1) is 6.92 Å². The molecule has 0 radical (unpaired) electrons. The van der Waals surface area contributed by atoms with E-state index >= 15 is 0 Å². The van der Waals surface area contributed by atoms with Gasteiger partial charge >= 0.3 is 0 Å². The molecule has 0 aliphatic heterocycles. The number of nitrogens with zero attached hydrogens (tertiary/aromatic N) is 6. The maximum Gasteiger partial charge on any atom is 0.283 e. The lowest BCUT2D eigenvalue weighted by Gasteiger charge is -1.97. The molecule has 0 aliphatic rings. The van der Waals surface area contributed by atoms with E-state index in [0.717, 1.165) is 22.2 Å². The summed E-state index contributed by atoms with van der Waals surface area (Å²) in [6, 6.07) is 3.93. The highest BCUT2D eigenvalue weighted by molar-refractivity contribution is 7.00. The van der Waals surface area contributed by atoms with Crippen molar-refractivity contribution in [2.45, 2.75) is 6.92 Å². The Morgan fingerprint density at radius 3 is 3.06 bits per heavy atom. The Morgan fingerprint density at radius 2 is 2.22 bits per heavy atom. The number of tetrazole rings is 1. The summed E-state index contributed by atoms with van der Waals surface area (Å²) < 4.78 is 8.50. The van der Waals surface area contributed by atoms with Crippen molar-refractivity contribution < 1.29 is 0 Å². The molecule has 90 valence electrons. The number of H-pyrrole nitrogens is 1. The molecule has 1 aromatic carbocycles. The second-order valence-corrected chi connectivity index (χ2v) is 4.07. The van der Waals surface area contributed by atoms with Crippen molar-refractivity contribution in [3.8, 4) is 0 Å². The van der Waals surface area contributed by atoms with Gasteiger partial charge in [0.25, 0.3) is 5.95 Å². The third kappa shape index (κ3) is 1.91. The van der Waals surface area contributed by atoms with Crippen LogP contribution in [0.2, 0.25) is 0 Å². The van der Waals surface area contributed by atoms with Gasteiger partial charge in [-0.15, -0.1) is 5.10 Å². The Labute approximate surface area is 105 Å². The highest BCUT2D eigenvalue weighted by Gasteiger charge is 2.06. The van der Waals surface area contributed by atoms with E-state index in [-0.39, 0.29) is 0 Å². The molecule has 3 rings (SSSR count). The van der Waals surface area contributed by atoms with E-state index in [2.05, 4.69) is 39.9 Å². The monoisotopic (exact) mass is 260 g/mol. The number of aryl methyl sites for hydroxylation is 1. The minimum Gasteiger partial charge on any atom is -0.243 e. The van der Waals surface area contributed by atoms with Crippen LogP contribution in [0.3, 0.4) is 0 Å². The molecule has 0 saturated heterocycles. The predicted octanol–water partition coefficient (Wildman–Crippen LogP) is 0.959. The molecule has 0 unspecified atom stereocenters. The van der Waals surface area contributed by atoms with Crippen LogP contribution in [-0.2, 0) is 0 Å². The molecule has 0 amide bonds. The first-order chi connectivity index (χ1) is 8.84. The number of aromatic nitrogens is 6. The molecule has 3 aromatic rings. The van der Waals surface area contributed by atoms with E-state index in [1.165, 1.54) is 11.7 Å². The second-order valence-electron chi connectivity index (χ2n) is 3.54. The van der Waals surface area contributed by atoms with E-state index < -0.39 is 0 Å². The fraction of sp³-hybridized carbons (Fsp3) is 0.111. The first-order valence-corrected chi connectivity index (χ1v) is 5.82. The number of anilines is 1. The largest absolute Gasteiger partial charge is 0.283 e. The van der Waals surface area contributed by atoms with Crippen molar-refractivity contribution in [2.24, 2.45) is 5.10 Å². The number of rotatable bonds is 3. The molecule has 18 heavy (non-hydrogen) atoms. The van der Waals surface area contributed by atoms with Gasteiger partial charge in [0.05, 0.1) is 17.9 Å². The lowest BCUT2D eigenvalue weighted by molar-refractivity contribution is 0.881. The number of hydrazone groups is 1. The van der Waals surface area contributed by atoms with E-state index in [1.54, 1.807) is 6.21 Å². The standard InChI is InChI=1S/C9H8N8S/c1-5-2-3-6(8-7(5)14-18-15-8)4-10-11-9-12-16-17-13-9/h2-4H,1H3,(H2,11,12,13,16,17). The van der Waals surface area contributed by atoms with Gasteiger partial charge in [-0.1, -0.05) is 17.2 Å². The van der Waals surface area contributed by atoms with Crippen molar-refractivity contribution >= 4 is 34.9 Å². The summed E-state index contributed by atoms with van der Waals surface area (Å²) in [5, 5.41) is 17.2. The molecule has 0 bridgehead atoms. The van der Waals surface area contributed by atoms with Gasteiger partial charge < -0.3 is 0 Å². The average molecular weight is 260 g/mol. The second kappa shape index (κ2) is 4.45. The molecular weight excluding hydrogens is 252 g/mol. The van der Waals surface area contributed by atoms with Crippen molar-refractivity contribution in [3.05, 3.63) is 23.3 Å². The van der Waals surface area contributed by atoms with Gasteiger partial charge in [0.1, 0.15) is 11.0 Å². The smallest absolute Gasteiger partial charge is 0.243 e. The van der Waals surface area contributed by atoms with Crippen LogP contribution in [0.4, 0.5) is 5.95 Å². The molecule has 0 aliphatic carbocycles. The van der Waals surface area contributed by atoms with Crippen LogP contribution in [0.25, 0.3) is 11.0 Å². The van der Waals surface area contributed by atoms with Crippen molar-refractivity contribution in [1.82, 2.24) is 29.4 Å². The summed E-state index contributed by atoms with van der Waals surface area (Å²) in [5.41, 5.74) is 6.39. The third-order valence-corrected chi connectivity index (χ3v) is 2.89. The molecule has 2 heterocycles. The number of nitrogens with one attached hydrogen (secondary N) is 2. The number of hydrogen-bond donors (Lipinski definition) is 2. The summed E-state index contributed by atoms with van der Waals surface area (Å²) >= 11 is 1.19. The van der Waals surface area contributed by atoms with Gasteiger partial charge in [0.15, 0.2) is 0 Å². The molecule has 2 aromatic heterocycles. The maximum absolute atomic E-state index is 4.26. The van der Waals surface area contributed by atoms with E-state index in [1.807, 2.05) is 19.1 Å². The Hall–Kier alpha value is -2.42. The highest BCUT2D eigenvalue weighted by atomic mass is 32.1. The van der Waals surface area contributed by atoms with Crippen LogP contribution in [0.1, 0.15) is 11.1 Å². The summed E-state index contributed by atoms with van der Waals surface area (Å²) in [4.78, 5) is 0. The van der Waals surface area contributed by atoms with Crippen LogP contribution in [0.15, 0.2) is 17.2 Å².